The van der Waals surface area contributed by atoms with Gasteiger partial charge in [0.2, 0.25) is 0 Å². The zero-order valence-electron chi connectivity index (χ0n) is 19.0. The molecule has 1 heterocycles. The van der Waals surface area contributed by atoms with Crippen molar-refractivity contribution in [1.82, 2.24) is 10.6 Å². The van der Waals surface area contributed by atoms with Gasteiger partial charge in [-0.25, -0.2) is 4.79 Å². The molecular formula is C27H26N2O4S. The molecule has 0 saturated heterocycles. The predicted molar refractivity (Wildman–Crippen MR) is 135 cm³/mol. The number of hydrogen-bond acceptors (Lipinski definition) is 5. The first-order chi connectivity index (χ1) is 16.6. The topological polar surface area (TPSA) is 68.8 Å². The van der Waals surface area contributed by atoms with E-state index in [0.717, 1.165) is 16.7 Å². The van der Waals surface area contributed by atoms with E-state index in [1.807, 2.05) is 78.9 Å². The second-order valence-corrected chi connectivity index (χ2v) is 8.00. The first kappa shape index (κ1) is 23.3. The Morgan fingerprint density at radius 2 is 1.68 bits per heavy atom. The quantitative estimate of drug-likeness (QED) is 0.360. The van der Waals surface area contributed by atoms with Crippen LogP contribution in [-0.2, 0) is 16.1 Å². The van der Waals surface area contributed by atoms with Crippen molar-refractivity contribution in [3.8, 4) is 11.5 Å². The number of benzene rings is 3. The van der Waals surface area contributed by atoms with E-state index in [4.69, 9.17) is 26.4 Å². The van der Waals surface area contributed by atoms with Crippen molar-refractivity contribution < 1.29 is 19.0 Å². The van der Waals surface area contributed by atoms with Crippen LogP contribution in [0, 0.1) is 0 Å². The molecule has 0 saturated carbocycles. The first-order valence-electron chi connectivity index (χ1n) is 11.0. The molecule has 0 spiro atoms. The lowest BCUT2D eigenvalue weighted by Crippen LogP contribution is -2.45. The van der Waals surface area contributed by atoms with Gasteiger partial charge in [0.05, 0.1) is 31.0 Å². The summed E-state index contributed by atoms with van der Waals surface area (Å²) in [6.45, 7) is 2.46. The van der Waals surface area contributed by atoms with Crippen molar-refractivity contribution in [2.75, 3.05) is 13.7 Å². The van der Waals surface area contributed by atoms with Gasteiger partial charge < -0.3 is 24.8 Å². The average Bonchev–Trinajstić information content (AvgIpc) is 2.88. The first-order valence-corrected chi connectivity index (χ1v) is 11.4. The van der Waals surface area contributed by atoms with Crippen molar-refractivity contribution >= 4 is 29.0 Å². The number of esters is 1. The van der Waals surface area contributed by atoms with E-state index in [-0.39, 0.29) is 6.61 Å². The van der Waals surface area contributed by atoms with Crippen LogP contribution in [0.4, 0.5) is 0 Å². The summed E-state index contributed by atoms with van der Waals surface area (Å²) in [5.41, 5.74) is 3.76. The Morgan fingerprint density at radius 1 is 0.971 bits per heavy atom. The zero-order valence-corrected chi connectivity index (χ0v) is 19.9. The zero-order chi connectivity index (χ0) is 23.9. The molecule has 0 amide bonds. The predicted octanol–water partition coefficient (Wildman–Crippen LogP) is 4.77. The van der Waals surface area contributed by atoms with Gasteiger partial charge in [0.25, 0.3) is 0 Å². The summed E-state index contributed by atoms with van der Waals surface area (Å²) in [6.07, 6.45) is 0. The number of hydrogen-bond donors (Lipinski definition) is 2. The van der Waals surface area contributed by atoms with Crippen LogP contribution in [0.3, 0.4) is 0 Å². The van der Waals surface area contributed by atoms with Gasteiger partial charge in [-0.1, -0.05) is 66.7 Å². The summed E-state index contributed by atoms with van der Waals surface area (Å²) < 4.78 is 17.0. The Kier molecular flexibility index (Phi) is 7.44. The highest BCUT2D eigenvalue weighted by molar-refractivity contribution is 7.80. The Labute approximate surface area is 204 Å². The molecule has 7 heteroatoms. The monoisotopic (exact) mass is 474 g/mol. The van der Waals surface area contributed by atoms with E-state index in [0.29, 0.717) is 34.5 Å². The Hall–Kier alpha value is -3.84. The average molecular weight is 475 g/mol. The van der Waals surface area contributed by atoms with Crippen LogP contribution in [0.5, 0.6) is 11.5 Å². The highest BCUT2D eigenvalue weighted by atomic mass is 32.1. The van der Waals surface area contributed by atoms with Crippen molar-refractivity contribution in [1.29, 1.82) is 0 Å². The van der Waals surface area contributed by atoms with E-state index in [2.05, 4.69) is 10.6 Å². The lowest BCUT2D eigenvalue weighted by Gasteiger charge is -2.31. The SMILES string of the molecule is CCOC(=O)C1=C(c2ccccc2)NC(=S)N[C@@H]1c1ccc(OCc2ccccc2)c(OC)c1. The molecule has 3 aromatic carbocycles. The van der Waals surface area contributed by atoms with Crippen molar-refractivity contribution in [3.05, 3.63) is 101 Å². The van der Waals surface area contributed by atoms with E-state index in [1.165, 1.54) is 0 Å². The standard InChI is InChI=1S/C27H26N2O4S/c1-3-32-26(30)23-24(19-12-8-5-9-13-19)28-27(34)29-25(23)20-14-15-21(22(16-20)31-2)33-17-18-10-6-4-7-11-18/h4-16,25H,3,17H2,1-2H3,(H2,28,29,34)/t25-/m1/s1. The van der Waals surface area contributed by atoms with Gasteiger partial charge in [-0.05, 0) is 48.0 Å². The fourth-order valence-electron chi connectivity index (χ4n) is 3.79. The normalized spacial score (nSPS) is 15.2. The maximum absolute atomic E-state index is 13.1. The molecule has 6 nitrogen and oxygen atoms in total. The molecule has 0 radical (unpaired) electrons. The van der Waals surface area contributed by atoms with Gasteiger partial charge in [-0.2, -0.15) is 0 Å². The Balaban J connectivity index is 1.71. The maximum atomic E-state index is 13.1. The fourth-order valence-corrected chi connectivity index (χ4v) is 4.01. The van der Waals surface area contributed by atoms with Crippen molar-refractivity contribution in [2.45, 2.75) is 19.6 Å². The molecule has 4 rings (SSSR count). The Bertz CT molecular complexity index is 1200. The number of ether oxygens (including phenoxy) is 3. The largest absolute Gasteiger partial charge is 0.493 e. The molecule has 1 atom stereocenters. The van der Waals surface area contributed by atoms with Crippen LogP contribution >= 0.6 is 12.2 Å². The van der Waals surface area contributed by atoms with Gasteiger partial charge in [-0.15, -0.1) is 0 Å². The van der Waals surface area contributed by atoms with Gasteiger partial charge in [-0.3, -0.25) is 0 Å². The van der Waals surface area contributed by atoms with E-state index in [1.54, 1.807) is 14.0 Å². The molecule has 0 unspecified atom stereocenters. The molecule has 34 heavy (non-hydrogen) atoms. The third-order valence-corrected chi connectivity index (χ3v) is 5.61. The minimum absolute atomic E-state index is 0.261. The molecule has 2 N–H and O–H groups in total. The third-order valence-electron chi connectivity index (χ3n) is 5.39. The number of thiocarbonyl (C=S) groups is 1. The van der Waals surface area contributed by atoms with Crippen LogP contribution in [-0.4, -0.2) is 24.8 Å². The molecule has 174 valence electrons. The van der Waals surface area contributed by atoms with Crippen LogP contribution in [0.1, 0.15) is 29.7 Å². The molecule has 0 aromatic heterocycles. The molecule has 0 aliphatic carbocycles. The van der Waals surface area contributed by atoms with Crippen LogP contribution in [0.2, 0.25) is 0 Å². The Morgan fingerprint density at radius 3 is 2.35 bits per heavy atom. The number of carbonyl (C=O) groups excluding carboxylic acids is 1. The van der Waals surface area contributed by atoms with Crippen LogP contribution in [0.15, 0.2) is 84.4 Å². The summed E-state index contributed by atoms with van der Waals surface area (Å²) >= 11 is 5.48. The summed E-state index contributed by atoms with van der Waals surface area (Å²) in [4.78, 5) is 13.1. The lowest BCUT2D eigenvalue weighted by molar-refractivity contribution is -0.138. The highest BCUT2D eigenvalue weighted by Crippen LogP contribution is 2.36. The third kappa shape index (κ3) is 5.21. The molecule has 0 fully saturated rings. The van der Waals surface area contributed by atoms with E-state index < -0.39 is 12.0 Å². The molecule has 0 bridgehead atoms. The smallest absolute Gasteiger partial charge is 0.338 e. The number of carbonyl (C=O) groups is 1. The minimum atomic E-state index is -0.528. The van der Waals surface area contributed by atoms with Crippen molar-refractivity contribution in [3.63, 3.8) is 0 Å². The van der Waals surface area contributed by atoms with Gasteiger partial charge in [0.15, 0.2) is 16.6 Å². The maximum Gasteiger partial charge on any atom is 0.338 e. The minimum Gasteiger partial charge on any atom is -0.493 e. The second kappa shape index (κ2) is 10.9. The summed E-state index contributed by atoms with van der Waals surface area (Å²) in [5, 5.41) is 6.78. The van der Waals surface area contributed by atoms with Crippen LogP contribution < -0.4 is 20.1 Å². The second-order valence-electron chi connectivity index (χ2n) is 7.59. The summed E-state index contributed by atoms with van der Waals surface area (Å²) in [5.74, 6) is 0.748. The van der Waals surface area contributed by atoms with Crippen LogP contribution in [0.25, 0.3) is 5.70 Å². The molecule has 1 aliphatic rings. The number of nitrogens with one attached hydrogen (secondary N) is 2. The summed E-state index contributed by atoms with van der Waals surface area (Å²) in [6, 6.07) is 24.6. The van der Waals surface area contributed by atoms with Crippen molar-refractivity contribution in [2.24, 2.45) is 0 Å². The summed E-state index contributed by atoms with van der Waals surface area (Å²) in [7, 11) is 1.59. The molecular weight excluding hydrogens is 448 g/mol. The van der Waals surface area contributed by atoms with Gasteiger partial charge >= 0.3 is 5.97 Å². The lowest BCUT2D eigenvalue weighted by atomic mass is 9.92. The fraction of sp³-hybridized carbons (Fsp3) is 0.185. The van der Waals surface area contributed by atoms with Gasteiger partial charge in [0.1, 0.15) is 6.61 Å². The highest BCUT2D eigenvalue weighted by Gasteiger charge is 2.33. The number of methoxy groups -OCH3 is 1. The molecule has 1 aliphatic heterocycles. The van der Waals surface area contributed by atoms with E-state index in [9.17, 15) is 4.79 Å². The molecule has 3 aromatic rings. The number of rotatable bonds is 8. The van der Waals surface area contributed by atoms with Gasteiger partial charge in [0, 0.05) is 0 Å². The van der Waals surface area contributed by atoms with E-state index >= 15 is 0 Å².